The van der Waals surface area contributed by atoms with Crippen molar-refractivity contribution in [3.8, 4) is 0 Å². The fourth-order valence-electron chi connectivity index (χ4n) is 4.16. The fraction of sp³-hybridized carbons (Fsp3) is 0.179. The molecule has 0 radical (unpaired) electrons. The van der Waals surface area contributed by atoms with Gasteiger partial charge in [-0.3, -0.25) is 14.5 Å². The molecule has 0 N–H and O–H groups in total. The van der Waals surface area contributed by atoms with Crippen LogP contribution in [0.3, 0.4) is 0 Å². The molecule has 0 atom stereocenters. The number of Topliss-reactive ketones (excluding diaryl/α,β-unsaturated/α-hetero) is 1. The standard InChI is InChI=1S/C28H24BrNO4/c1-3-7-24(31)26-25(18-8-5-4-6-9-18)23-16-22(29)15-14-21(23)17-30(26)27(32)19-10-12-20(13-11-19)28(33)34-2/h4-6,8-16H,3,7,17H2,1-2H3. The van der Waals surface area contributed by atoms with Gasteiger partial charge in [-0.1, -0.05) is 59.3 Å². The summed E-state index contributed by atoms with van der Waals surface area (Å²) in [4.78, 5) is 40.6. The first-order chi connectivity index (χ1) is 16.4. The van der Waals surface area contributed by atoms with E-state index in [1.165, 1.54) is 7.11 Å². The number of hydrogen-bond acceptors (Lipinski definition) is 4. The lowest BCUT2D eigenvalue weighted by atomic mass is 9.86. The Kier molecular flexibility index (Phi) is 7.08. The molecule has 1 aliphatic heterocycles. The van der Waals surface area contributed by atoms with Gasteiger partial charge in [0, 0.05) is 22.0 Å². The Labute approximate surface area is 207 Å². The molecular formula is C28H24BrNO4. The molecule has 0 saturated heterocycles. The number of halogens is 1. The van der Waals surface area contributed by atoms with Crippen LogP contribution in [0.1, 0.15) is 57.2 Å². The Bertz CT molecular complexity index is 1280. The first-order valence-corrected chi connectivity index (χ1v) is 11.9. The molecule has 6 heteroatoms. The van der Waals surface area contributed by atoms with Crippen LogP contribution >= 0.6 is 15.9 Å². The van der Waals surface area contributed by atoms with Crippen molar-refractivity contribution in [2.24, 2.45) is 0 Å². The van der Waals surface area contributed by atoms with Crippen molar-refractivity contribution >= 4 is 39.2 Å². The van der Waals surface area contributed by atoms with Crippen LogP contribution in [0.25, 0.3) is 5.57 Å². The topological polar surface area (TPSA) is 63.7 Å². The minimum absolute atomic E-state index is 0.0773. The van der Waals surface area contributed by atoms with E-state index in [0.29, 0.717) is 29.7 Å². The van der Waals surface area contributed by atoms with Gasteiger partial charge in [0.1, 0.15) is 0 Å². The van der Waals surface area contributed by atoms with Gasteiger partial charge in [0.15, 0.2) is 5.78 Å². The van der Waals surface area contributed by atoms with E-state index in [0.717, 1.165) is 26.7 Å². The number of benzene rings is 3. The van der Waals surface area contributed by atoms with E-state index < -0.39 is 5.97 Å². The molecule has 4 rings (SSSR count). The number of nitrogens with zero attached hydrogens (tertiary/aromatic N) is 1. The third-order valence-corrected chi connectivity index (χ3v) is 6.27. The van der Waals surface area contributed by atoms with E-state index in [-0.39, 0.29) is 18.2 Å². The van der Waals surface area contributed by atoms with Crippen LogP contribution < -0.4 is 0 Å². The van der Waals surface area contributed by atoms with Gasteiger partial charge in [-0.05, 0) is 59.5 Å². The summed E-state index contributed by atoms with van der Waals surface area (Å²) < 4.78 is 5.65. The van der Waals surface area contributed by atoms with E-state index in [9.17, 15) is 14.4 Å². The van der Waals surface area contributed by atoms with Crippen LogP contribution in [0.4, 0.5) is 0 Å². The molecule has 1 amide bonds. The largest absolute Gasteiger partial charge is 0.465 e. The van der Waals surface area contributed by atoms with Gasteiger partial charge in [0.05, 0.1) is 24.9 Å². The first kappa shape index (κ1) is 23.6. The summed E-state index contributed by atoms with van der Waals surface area (Å²) in [6.07, 6.45) is 1.01. The number of methoxy groups -OCH3 is 1. The second-order valence-electron chi connectivity index (χ2n) is 8.02. The molecule has 3 aromatic rings. The van der Waals surface area contributed by atoms with Gasteiger partial charge >= 0.3 is 5.97 Å². The molecule has 1 heterocycles. The SMILES string of the molecule is CCCC(=O)C1=C(c2ccccc2)c2cc(Br)ccc2CN1C(=O)c1ccc(C(=O)OC)cc1. The summed E-state index contributed by atoms with van der Waals surface area (Å²) in [5.41, 5.74) is 4.67. The minimum Gasteiger partial charge on any atom is -0.465 e. The van der Waals surface area contributed by atoms with Crippen molar-refractivity contribution in [2.75, 3.05) is 7.11 Å². The van der Waals surface area contributed by atoms with Crippen LogP contribution in [0.15, 0.2) is 83.0 Å². The number of hydrogen-bond donors (Lipinski definition) is 0. The number of allylic oxidation sites excluding steroid dienone is 1. The Morgan fingerprint density at radius 2 is 1.62 bits per heavy atom. The summed E-state index contributed by atoms with van der Waals surface area (Å²) in [6, 6.07) is 21.9. The smallest absolute Gasteiger partial charge is 0.337 e. The maximum Gasteiger partial charge on any atom is 0.337 e. The average Bonchev–Trinajstić information content (AvgIpc) is 2.87. The lowest BCUT2D eigenvalue weighted by molar-refractivity contribution is -0.116. The number of esters is 1. The lowest BCUT2D eigenvalue weighted by Gasteiger charge is -2.33. The van der Waals surface area contributed by atoms with E-state index in [1.807, 2.05) is 55.5 Å². The lowest BCUT2D eigenvalue weighted by Crippen LogP contribution is -2.37. The highest BCUT2D eigenvalue weighted by Gasteiger charge is 2.33. The highest BCUT2D eigenvalue weighted by Crippen LogP contribution is 2.39. The number of fused-ring (bicyclic) bond motifs is 1. The molecule has 0 bridgehead atoms. The summed E-state index contributed by atoms with van der Waals surface area (Å²) in [5.74, 6) is -0.842. The molecule has 0 aromatic heterocycles. The molecular weight excluding hydrogens is 494 g/mol. The van der Waals surface area contributed by atoms with Crippen molar-refractivity contribution in [2.45, 2.75) is 26.3 Å². The van der Waals surface area contributed by atoms with Crippen LogP contribution in [0.2, 0.25) is 0 Å². The van der Waals surface area contributed by atoms with Crippen LogP contribution in [-0.4, -0.2) is 29.7 Å². The Hall–Kier alpha value is -3.51. The maximum absolute atomic E-state index is 13.7. The van der Waals surface area contributed by atoms with Crippen LogP contribution in [-0.2, 0) is 16.1 Å². The Morgan fingerprint density at radius 3 is 2.26 bits per heavy atom. The zero-order valence-electron chi connectivity index (χ0n) is 19.0. The molecule has 34 heavy (non-hydrogen) atoms. The number of rotatable bonds is 6. The van der Waals surface area contributed by atoms with Crippen molar-refractivity contribution in [3.05, 3.63) is 111 Å². The molecule has 0 unspecified atom stereocenters. The van der Waals surface area contributed by atoms with Gasteiger partial charge in [0.2, 0.25) is 0 Å². The number of amides is 1. The predicted molar refractivity (Wildman–Crippen MR) is 134 cm³/mol. The van der Waals surface area contributed by atoms with Crippen molar-refractivity contribution in [1.82, 2.24) is 4.90 Å². The number of carbonyl (C=O) groups excluding carboxylic acids is 3. The van der Waals surface area contributed by atoms with Crippen molar-refractivity contribution in [1.29, 1.82) is 0 Å². The van der Waals surface area contributed by atoms with E-state index in [2.05, 4.69) is 15.9 Å². The van der Waals surface area contributed by atoms with Crippen molar-refractivity contribution < 1.29 is 19.1 Å². The average molecular weight is 518 g/mol. The monoisotopic (exact) mass is 517 g/mol. The number of ether oxygens (including phenoxy) is 1. The Morgan fingerprint density at radius 1 is 0.941 bits per heavy atom. The van der Waals surface area contributed by atoms with E-state index in [1.54, 1.807) is 29.2 Å². The zero-order valence-corrected chi connectivity index (χ0v) is 20.6. The fourth-order valence-corrected chi connectivity index (χ4v) is 4.52. The van der Waals surface area contributed by atoms with E-state index in [4.69, 9.17) is 4.74 Å². The van der Waals surface area contributed by atoms with Crippen molar-refractivity contribution in [3.63, 3.8) is 0 Å². The first-order valence-electron chi connectivity index (χ1n) is 11.1. The molecule has 0 spiro atoms. The number of ketones is 1. The zero-order chi connectivity index (χ0) is 24.2. The summed E-state index contributed by atoms with van der Waals surface area (Å²) in [7, 11) is 1.31. The molecule has 172 valence electrons. The summed E-state index contributed by atoms with van der Waals surface area (Å²) in [5, 5.41) is 0. The van der Waals surface area contributed by atoms with Gasteiger partial charge in [-0.25, -0.2) is 4.79 Å². The second-order valence-corrected chi connectivity index (χ2v) is 8.94. The predicted octanol–water partition coefficient (Wildman–Crippen LogP) is 6.02. The molecule has 3 aromatic carbocycles. The van der Waals surface area contributed by atoms with Gasteiger partial charge in [0.25, 0.3) is 5.91 Å². The Balaban J connectivity index is 1.90. The van der Waals surface area contributed by atoms with Crippen LogP contribution in [0, 0.1) is 0 Å². The summed E-state index contributed by atoms with van der Waals surface area (Å²) in [6.45, 7) is 2.23. The van der Waals surface area contributed by atoms with E-state index >= 15 is 0 Å². The third kappa shape index (κ3) is 4.59. The highest BCUT2D eigenvalue weighted by molar-refractivity contribution is 9.10. The molecule has 0 fully saturated rings. The second kappa shape index (κ2) is 10.2. The molecule has 1 aliphatic rings. The van der Waals surface area contributed by atoms with Gasteiger partial charge < -0.3 is 4.74 Å². The quantitative estimate of drug-likeness (QED) is 0.375. The summed E-state index contributed by atoms with van der Waals surface area (Å²) >= 11 is 3.56. The molecule has 0 saturated carbocycles. The third-order valence-electron chi connectivity index (χ3n) is 5.78. The van der Waals surface area contributed by atoms with Gasteiger partial charge in [-0.15, -0.1) is 0 Å². The molecule has 5 nitrogen and oxygen atoms in total. The maximum atomic E-state index is 13.7. The highest BCUT2D eigenvalue weighted by atomic mass is 79.9. The number of carbonyl (C=O) groups is 3. The normalized spacial score (nSPS) is 12.9. The minimum atomic E-state index is -0.471. The molecule has 0 aliphatic carbocycles. The van der Waals surface area contributed by atoms with Crippen LogP contribution in [0.5, 0.6) is 0 Å². The van der Waals surface area contributed by atoms with Gasteiger partial charge in [-0.2, -0.15) is 0 Å².